The molecular formula is C12H20O4. The molecule has 0 saturated carbocycles. The number of aliphatic carboxylic acids is 1. The number of hydrogen-bond donors (Lipinski definition) is 1. The fourth-order valence-corrected chi connectivity index (χ4v) is 1.30. The molecule has 0 aliphatic rings. The van der Waals surface area contributed by atoms with Crippen LogP contribution in [-0.4, -0.2) is 23.7 Å². The predicted octanol–water partition coefficient (Wildman–Crippen LogP) is 2.53. The molecule has 4 nitrogen and oxygen atoms in total. The van der Waals surface area contributed by atoms with E-state index in [4.69, 9.17) is 9.84 Å². The van der Waals surface area contributed by atoms with Crippen LogP contribution in [0, 0.1) is 0 Å². The smallest absolute Gasteiger partial charge is 0.327 e. The van der Waals surface area contributed by atoms with Crippen molar-refractivity contribution in [1.29, 1.82) is 0 Å². The van der Waals surface area contributed by atoms with E-state index >= 15 is 0 Å². The van der Waals surface area contributed by atoms with Gasteiger partial charge in [0.2, 0.25) is 0 Å². The molecule has 0 bridgehead atoms. The van der Waals surface area contributed by atoms with E-state index in [0.29, 0.717) is 13.0 Å². The first-order chi connectivity index (χ1) is 7.66. The Morgan fingerprint density at radius 1 is 1.19 bits per heavy atom. The Morgan fingerprint density at radius 2 is 1.88 bits per heavy atom. The Balaban J connectivity index is 3.21. The Hall–Kier alpha value is -1.32. The summed E-state index contributed by atoms with van der Waals surface area (Å²) in [6, 6.07) is 0. The van der Waals surface area contributed by atoms with Crippen LogP contribution >= 0.6 is 0 Å². The van der Waals surface area contributed by atoms with Crippen molar-refractivity contribution in [3.63, 3.8) is 0 Å². The molecule has 0 aromatic carbocycles. The van der Waals surface area contributed by atoms with Crippen LogP contribution in [0.2, 0.25) is 0 Å². The van der Waals surface area contributed by atoms with Gasteiger partial charge in [0.05, 0.1) is 6.61 Å². The number of hydrogen-bond acceptors (Lipinski definition) is 3. The van der Waals surface area contributed by atoms with Gasteiger partial charge in [-0.3, -0.25) is 4.79 Å². The summed E-state index contributed by atoms with van der Waals surface area (Å²) >= 11 is 0. The van der Waals surface area contributed by atoms with Crippen LogP contribution in [0.1, 0.15) is 45.4 Å². The zero-order valence-corrected chi connectivity index (χ0v) is 9.78. The lowest BCUT2D eigenvalue weighted by Gasteiger charge is -2.01. The SMILES string of the molecule is CCOC(=O)CCCCCCC=CC(=O)O. The Bertz CT molecular complexity index is 233. The molecule has 0 atom stereocenters. The molecule has 0 radical (unpaired) electrons. The van der Waals surface area contributed by atoms with Gasteiger partial charge in [-0.25, -0.2) is 4.79 Å². The first-order valence-corrected chi connectivity index (χ1v) is 5.72. The van der Waals surface area contributed by atoms with E-state index in [1.54, 1.807) is 13.0 Å². The minimum Gasteiger partial charge on any atom is -0.478 e. The predicted molar refractivity (Wildman–Crippen MR) is 61.1 cm³/mol. The molecule has 0 rings (SSSR count). The minimum atomic E-state index is -0.901. The second-order valence-electron chi connectivity index (χ2n) is 3.50. The average molecular weight is 228 g/mol. The van der Waals surface area contributed by atoms with E-state index in [0.717, 1.165) is 32.1 Å². The van der Waals surface area contributed by atoms with Crippen LogP contribution in [-0.2, 0) is 14.3 Å². The van der Waals surface area contributed by atoms with Crippen LogP contribution in [0.5, 0.6) is 0 Å². The van der Waals surface area contributed by atoms with Gasteiger partial charge < -0.3 is 9.84 Å². The van der Waals surface area contributed by atoms with E-state index in [2.05, 4.69) is 0 Å². The summed E-state index contributed by atoms with van der Waals surface area (Å²) in [6.07, 6.45) is 7.91. The second kappa shape index (κ2) is 10.2. The van der Waals surface area contributed by atoms with Gasteiger partial charge in [0.1, 0.15) is 0 Å². The highest BCUT2D eigenvalue weighted by Crippen LogP contribution is 2.06. The molecule has 0 saturated heterocycles. The lowest BCUT2D eigenvalue weighted by Crippen LogP contribution is -2.03. The molecule has 0 aromatic rings. The van der Waals surface area contributed by atoms with Crippen LogP contribution in [0.15, 0.2) is 12.2 Å². The van der Waals surface area contributed by atoms with Gasteiger partial charge in [-0.2, -0.15) is 0 Å². The highest BCUT2D eigenvalue weighted by atomic mass is 16.5. The summed E-state index contributed by atoms with van der Waals surface area (Å²) in [5.41, 5.74) is 0. The van der Waals surface area contributed by atoms with Gasteiger partial charge >= 0.3 is 11.9 Å². The summed E-state index contributed by atoms with van der Waals surface area (Å²) in [7, 11) is 0. The molecular weight excluding hydrogens is 208 g/mol. The molecule has 0 heterocycles. The molecule has 4 heteroatoms. The maximum atomic E-state index is 11.0. The van der Waals surface area contributed by atoms with Crippen molar-refractivity contribution < 1.29 is 19.4 Å². The molecule has 0 amide bonds. The maximum Gasteiger partial charge on any atom is 0.327 e. The van der Waals surface area contributed by atoms with Gasteiger partial charge in [0.25, 0.3) is 0 Å². The zero-order valence-electron chi connectivity index (χ0n) is 9.78. The van der Waals surface area contributed by atoms with Crippen molar-refractivity contribution in [2.45, 2.75) is 45.4 Å². The van der Waals surface area contributed by atoms with Gasteiger partial charge in [-0.05, 0) is 26.2 Å². The Labute approximate surface area is 96.3 Å². The molecule has 0 unspecified atom stereocenters. The lowest BCUT2D eigenvalue weighted by atomic mass is 10.1. The third-order valence-corrected chi connectivity index (χ3v) is 2.07. The topological polar surface area (TPSA) is 63.6 Å². The standard InChI is InChI=1S/C12H20O4/c1-2-16-12(15)10-8-6-4-3-5-7-9-11(13)14/h7,9H,2-6,8,10H2,1H3,(H,13,14). The Kier molecular flexibility index (Phi) is 9.36. The monoisotopic (exact) mass is 228 g/mol. The fourth-order valence-electron chi connectivity index (χ4n) is 1.30. The zero-order chi connectivity index (χ0) is 12.2. The van der Waals surface area contributed by atoms with E-state index in [1.807, 2.05) is 0 Å². The molecule has 0 spiro atoms. The van der Waals surface area contributed by atoms with E-state index in [9.17, 15) is 9.59 Å². The molecule has 1 N–H and O–H groups in total. The summed E-state index contributed by atoms with van der Waals surface area (Å²) < 4.78 is 4.80. The summed E-state index contributed by atoms with van der Waals surface area (Å²) in [5, 5.41) is 8.33. The first-order valence-electron chi connectivity index (χ1n) is 5.72. The van der Waals surface area contributed by atoms with Gasteiger partial charge in [-0.1, -0.05) is 18.9 Å². The van der Waals surface area contributed by atoms with Gasteiger partial charge in [0.15, 0.2) is 0 Å². The number of ether oxygens (including phenoxy) is 1. The highest BCUT2D eigenvalue weighted by molar-refractivity contribution is 5.79. The third-order valence-electron chi connectivity index (χ3n) is 2.07. The Morgan fingerprint density at radius 3 is 2.50 bits per heavy atom. The fraction of sp³-hybridized carbons (Fsp3) is 0.667. The number of esters is 1. The van der Waals surface area contributed by atoms with Crippen molar-refractivity contribution >= 4 is 11.9 Å². The number of carboxylic acids is 1. The largest absolute Gasteiger partial charge is 0.478 e. The first kappa shape index (κ1) is 14.7. The molecule has 92 valence electrons. The van der Waals surface area contributed by atoms with Crippen LogP contribution in [0.25, 0.3) is 0 Å². The summed E-state index contributed by atoms with van der Waals surface area (Å²) in [5.74, 6) is -1.03. The molecule has 0 aliphatic heterocycles. The number of allylic oxidation sites excluding steroid dienone is 1. The quantitative estimate of drug-likeness (QED) is 0.374. The maximum absolute atomic E-state index is 11.0. The number of carbonyl (C=O) groups is 2. The number of carbonyl (C=O) groups excluding carboxylic acids is 1. The summed E-state index contributed by atoms with van der Waals surface area (Å²) in [4.78, 5) is 21.1. The molecule has 0 aromatic heterocycles. The van der Waals surface area contributed by atoms with Crippen LogP contribution in [0.4, 0.5) is 0 Å². The lowest BCUT2D eigenvalue weighted by molar-refractivity contribution is -0.143. The molecule has 0 aliphatic carbocycles. The average Bonchev–Trinajstić information content (AvgIpc) is 2.22. The van der Waals surface area contributed by atoms with Crippen molar-refractivity contribution in [2.24, 2.45) is 0 Å². The number of rotatable bonds is 9. The van der Waals surface area contributed by atoms with Crippen molar-refractivity contribution in [3.8, 4) is 0 Å². The van der Waals surface area contributed by atoms with Crippen molar-refractivity contribution in [1.82, 2.24) is 0 Å². The normalized spacial score (nSPS) is 10.6. The number of unbranched alkanes of at least 4 members (excludes halogenated alkanes) is 4. The minimum absolute atomic E-state index is 0.131. The highest BCUT2D eigenvalue weighted by Gasteiger charge is 1.99. The van der Waals surface area contributed by atoms with E-state index in [-0.39, 0.29) is 5.97 Å². The van der Waals surface area contributed by atoms with Crippen LogP contribution < -0.4 is 0 Å². The number of carboxylic acid groups (broad SMARTS) is 1. The van der Waals surface area contributed by atoms with E-state index < -0.39 is 5.97 Å². The third kappa shape index (κ3) is 10.8. The van der Waals surface area contributed by atoms with Crippen molar-refractivity contribution in [2.75, 3.05) is 6.61 Å². The molecule has 0 fully saturated rings. The molecule has 16 heavy (non-hydrogen) atoms. The van der Waals surface area contributed by atoms with Gasteiger partial charge in [0, 0.05) is 12.5 Å². The van der Waals surface area contributed by atoms with Gasteiger partial charge in [-0.15, -0.1) is 0 Å². The van der Waals surface area contributed by atoms with E-state index in [1.165, 1.54) is 6.08 Å². The van der Waals surface area contributed by atoms with Crippen molar-refractivity contribution in [3.05, 3.63) is 12.2 Å². The van der Waals surface area contributed by atoms with Crippen LogP contribution in [0.3, 0.4) is 0 Å². The second-order valence-corrected chi connectivity index (χ2v) is 3.50. The summed E-state index contributed by atoms with van der Waals surface area (Å²) in [6.45, 7) is 2.24.